The number of carbonyl (C=O) groups excluding carboxylic acids is 1. The van der Waals surface area contributed by atoms with Crippen LogP contribution in [0.15, 0.2) is 11.6 Å². The molecule has 5 aliphatic rings. The van der Waals surface area contributed by atoms with Gasteiger partial charge in [0.1, 0.15) is 6.10 Å². The first-order valence-corrected chi connectivity index (χ1v) is 14.4. The monoisotopic (exact) mass is 456 g/mol. The van der Waals surface area contributed by atoms with Crippen molar-refractivity contribution in [2.75, 3.05) is 0 Å². The highest BCUT2D eigenvalue weighted by atomic mass is 16.5. The van der Waals surface area contributed by atoms with Crippen molar-refractivity contribution < 1.29 is 14.6 Å². The predicted octanol–water partition coefficient (Wildman–Crippen LogP) is 7.22. The molecule has 5 rings (SSSR count). The average Bonchev–Trinajstić information content (AvgIpc) is 3.16. The summed E-state index contributed by atoms with van der Waals surface area (Å²) in [5.41, 5.74) is 2.34. The fourth-order valence-corrected chi connectivity index (χ4v) is 9.59. The van der Waals surface area contributed by atoms with Gasteiger partial charge in [0, 0.05) is 6.42 Å². The first-order chi connectivity index (χ1) is 15.8. The molecule has 1 unspecified atom stereocenters. The van der Waals surface area contributed by atoms with E-state index >= 15 is 0 Å². The lowest BCUT2D eigenvalue weighted by Crippen LogP contribution is -2.50. The molecule has 0 heterocycles. The number of ether oxygens (including phenoxy) is 1. The number of hydrogen-bond donors (Lipinski definition) is 1. The zero-order valence-electron chi connectivity index (χ0n) is 21.5. The van der Waals surface area contributed by atoms with Crippen molar-refractivity contribution in [3.05, 3.63) is 11.6 Å². The molecule has 0 aliphatic heterocycles. The first-order valence-electron chi connectivity index (χ1n) is 14.4. The van der Waals surface area contributed by atoms with E-state index in [0.717, 1.165) is 55.8 Å². The highest BCUT2D eigenvalue weighted by Crippen LogP contribution is 2.67. The lowest BCUT2D eigenvalue weighted by molar-refractivity contribution is -0.151. The van der Waals surface area contributed by atoms with Gasteiger partial charge < -0.3 is 9.84 Å². The van der Waals surface area contributed by atoms with Gasteiger partial charge in [-0.25, -0.2) is 0 Å². The van der Waals surface area contributed by atoms with Gasteiger partial charge in [-0.1, -0.05) is 38.8 Å². The number of aliphatic hydroxyl groups is 1. The molecule has 0 aromatic carbocycles. The van der Waals surface area contributed by atoms with Crippen LogP contribution in [0.4, 0.5) is 0 Å². The predicted molar refractivity (Wildman–Crippen MR) is 133 cm³/mol. The topological polar surface area (TPSA) is 46.5 Å². The SMILES string of the molecule is C[C@H](CCC(=O)OC1CCCCC1)[C@H]1CC[C@H]2[C@@H]3CC=C4CC(O)CC[C@]4(C)[C@H]3CC[C@]12C. The largest absolute Gasteiger partial charge is 0.462 e. The van der Waals surface area contributed by atoms with Crippen LogP contribution in [0, 0.1) is 40.4 Å². The van der Waals surface area contributed by atoms with Crippen LogP contribution in [0.3, 0.4) is 0 Å². The fourth-order valence-electron chi connectivity index (χ4n) is 9.59. The molecule has 8 atom stereocenters. The quantitative estimate of drug-likeness (QED) is 0.351. The summed E-state index contributed by atoms with van der Waals surface area (Å²) < 4.78 is 5.81. The van der Waals surface area contributed by atoms with E-state index in [9.17, 15) is 9.90 Å². The molecule has 0 aromatic heterocycles. The molecule has 0 aromatic rings. The van der Waals surface area contributed by atoms with E-state index in [-0.39, 0.29) is 18.2 Å². The molecule has 0 radical (unpaired) electrons. The molecule has 4 fully saturated rings. The van der Waals surface area contributed by atoms with Gasteiger partial charge in [0.25, 0.3) is 0 Å². The highest BCUT2D eigenvalue weighted by molar-refractivity contribution is 5.69. The number of carbonyl (C=O) groups is 1. The Hall–Kier alpha value is -0.830. The lowest BCUT2D eigenvalue weighted by Gasteiger charge is -2.58. The van der Waals surface area contributed by atoms with Gasteiger partial charge in [-0.2, -0.15) is 0 Å². The Morgan fingerprint density at radius 3 is 2.64 bits per heavy atom. The van der Waals surface area contributed by atoms with E-state index in [1.807, 2.05) is 0 Å². The van der Waals surface area contributed by atoms with Crippen LogP contribution >= 0.6 is 0 Å². The Bertz CT molecular complexity index is 752. The van der Waals surface area contributed by atoms with Crippen molar-refractivity contribution in [3.8, 4) is 0 Å². The van der Waals surface area contributed by atoms with Crippen LogP contribution in [0.1, 0.15) is 117 Å². The zero-order chi connectivity index (χ0) is 23.2. The minimum atomic E-state index is -0.115. The van der Waals surface area contributed by atoms with Gasteiger partial charge in [-0.15, -0.1) is 0 Å². The van der Waals surface area contributed by atoms with Gasteiger partial charge in [0.2, 0.25) is 0 Å². The second-order valence-electron chi connectivity index (χ2n) is 13.2. The summed E-state index contributed by atoms with van der Waals surface area (Å²) in [6.07, 6.45) is 19.8. The summed E-state index contributed by atoms with van der Waals surface area (Å²) in [7, 11) is 0. The summed E-state index contributed by atoms with van der Waals surface area (Å²) in [5, 5.41) is 10.3. The Morgan fingerprint density at radius 1 is 1.06 bits per heavy atom. The number of esters is 1. The van der Waals surface area contributed by atoms with Crippen LogP contribution in [0.25, 0.3) is 0 Å². The van der Waals surface area contributed by atoms with Crippen molar-refractivity contribution >= 4 is 5.97 Å². The second-order valence-corrected chi connectivity index (χ2v) is 13.2. The van der Waals surface area contributed by atoms with E-state index in [0.29, 0.717) is 23.2 Å². The number of rotatable bonds is 5. The molecule has 0 saturated heterocycles. The van der Waals surface area contributed by atoms with E-state index in [4.69, 9.17) is 4.74 Å². The summed E-state index contributed by atoms with van der Waals surface area (Å²) in [4.78, 5) is 12.5. The van der Waals surface area contributed by atoms with E-state index < -0.39 is 0 Å². The zero-order valence-corrected chi connectivity index (χ0v) is 21.5. The molecule has 4 saturated carbocycles. The highest BCUT2D eigenvalue weighted by Gasteiger charge is 2.59. The first kappa shape index (κ1) is 23.9. The molecular weight excluding hydrogens is 408 g/mol. The van der Waals surface area contributed by atoms with E-state index in [2.05, 4.69) is 26.8 Å². The molecule has 5 aliphatic carbocycles. The molecule has 0 amide bonds. The lowest BCUT2D eigenvalue weighted by atomic mass is 9.47. The molecule has 3 nitrogen and oxygen atoms in total. The second kappa shape index (κ2) is 9.32. The Labute approximate surface area is 202 Å². The minimum Gasteiger partial charge on any atom is -0.462 e. The van der Waals surface area contributed by atoms with Crippen molar-refractivity contribution in [2.24, 2.45) is 40.4 Å². The van der Waals surface area contributed by atoms with Gasteiger partial charge in [-0.05, 0) is 124 Å². The van der Waals surface area contributed by atoms with Crippen LogP contribution in [-0.4, -0.2) is 23.3 Å². The van der Waals surface area contributed by atoms with Gasteiger partial charge in [0.05, 0.1) is 6.10 Å². The summed E-state index contributed by atoms with van der Waals surface area (Å²) in [6.45, 7) is 7.55. The average molecular weight is 457 g/mol. The van der Waals surface area contributed by atoms with Crippen LogP contribution in [0.5, 0.6) is 0 Å². The molecular formula is C30H48O3. The van der Waals surface area contributed by atoms with Gasteiger partial charge >= 0.3 is 5.97 Å². The van der Waals surface area contributed by atoms with Crippen molar-refractivity contribution in [1.82, 2.24) is 0 Å². The van der Waals surface area contributed by atoms with Gasteiger partial charge in [0.15, 0.2) is 0 Å². The molecule has 0 spiro atoms. The molecule has 33 heavy (non-hydrogen) atoms. The van der Waals surface area contributed by atoms with Crippen molar-refractivity contribution in [2.45, 2.75) is 129 Å². The summed E-state index contributed by atoms with van der Waals surface area (Å²) >= 11 is 0. The molecule has 0 bridgehead atoms. The maximum atomic E-state index is 12.5. The summed E-state index contributed by atoms with van der Waals surface area (Å²) in [6, 6.07) is 0. The normalized spacial score (nSPS) is 44.2. The van der Waals surface area contributed by atoms with Crippen LogP contribution in [0.2, 0.25) is 0 Å². The number of hydrogen-bond acceptors (Lipinski definition) is 3. The third-order valence-corrected chi connectivity index (χ3v) is 11.5. The fraction of sp³-hybridized carbons (Fsp3) is 0.900. The van der Waals surface area contributed by atoms with Crippen molar-refractivity contribution in [1.29, 1.82) is 0 Å². The van der Waals surface area contributed by atoms with Crippen LogP contribution in [-0.2, 0) is 9.53 Å². The summed E-state index contributed by atoms with van der Waals surface area (Å²) in [5.74, 6) is 3.86. The number of aliphatic hydroxyl groups excluding tert-OH is 1. The number of allylic oxidation sites excluding steroid dienone is 1. The Morgan fingerprint density at radius 2 is 1.85 bits per heavy atom. The molecule has 186 valence electrons. The van der Waals surface area contributed by atoms with Crippen LogP contribution < -0.4 is 0 Å². The van der Waals surface area contributed by atoms with E-state index in [1.165, 1.54) is 57.8 Å². The minimum absolute atomic E-state index is 0.0505. The third-order valence-electron chi connectivity index (χ3n) is 11.5. The van der Waals surface area contributed by atoms with E-state index in [1.54, 1.807) is 5.57 Å². The smallest absolute Gasteiger partial charge is 0.306 e. The van der Waals surface area contributed by atoms with Crippen molar-refractivity contribution in [3.63, 3.8) is 0 Å². The van der Waals surface area contributed by atoms with Gasteiger partial charge in [-0.3, -0.25) is 4.79 Å². The molecule has 3 heteroatoms. The maximum absolute atomic E-state index is 12.5. The Balaban J connectivity index is 1.21. The maximum Gasteiger partial charge on any atom is 0.306 e. The Kier molecular flexibility index (Phi) is 6.75. The molecule has 1 N–H and O–H groups in total. The third kappa shape index (κ3) is 4.34. The standard InChI is InChI=1S/C30H48O3/c1-20(9-14-28(32)33-23-7-5-4-6-8-23)25-12-13-26-24-11-10-21-19-22(31)15-17-29(21,2)27(24)16-18-30(25,26)3/h10,20,22-27,31H,4-9,11-19H2,1-3H3/t20-,22?,24+,25-,26+,27+,29+,30-/m1/s1. The number of fused-ring (bicyclic) bond motifs is 5.